The van der Waals surface area contributed by atoms with Gasteiger partial charge < -0.3 is 9.88 Å². The summed E-state index contributed by atoms with van der Waals surface area (Å²) >= 11 is 6.95. The topological polar surface area (TPSA) is 88.9 Å². The number of aromatic nitrogens is 3. The second-order valence-corrected chi connectivity index (χ2v) is 11.8. The van der Waals surface area contributed by atoms with Crippen molar-refractivity contribution in [2.45, 2.75) is 17.7 Å². The number of thiophene rings is 1. The van der Waals surface area contributed by atoms with Crippen molar-refractivity contribution >= 4 is 83.1 Å². The minimum atomic E-state index is -3.90. The number of para-hydroxylation sites is 3. The molecule has 0 atom stereocenters. The number of nitrogens with one attached hydrogen (secondary N) is 2. The van der Waals surface area contributed by atoms with E-state index >= 15 is 0 Å². The van der Waals surface area contributed by atoms with Crippen molar-refractivity contribution < 1.29 is 8.42 Å². The molecule has 3 aromatic heterocycles. The molecule has 0 saturated carbocycles. The molecule has 36 heavy (non-hydrogen) atoms. The number of benzene rings is 3. The Kier molecular flexibility index (Phi) is 5.55. The summed E-state index contributed by atoms with van der Waals surface area (Å²) in [4.78, 5) is 9.26. The molecule has 6 rings (SSSR count). The molecule has 2 N–H and O–H groups in total. The fourth-order valence-electron chi connectivity index (χ4n) is 4.38. The second kappa shape index (κ2) is 8.77. The molecule has 0 amide bonds. The van der Waals surface area contributed by atoms with Crippen LogP contribution in [0.15, 0.2) is 83.1 Å². The second-order valence-electron chi connectivity index (χ2n) is 8.19. The van der Waals surface area contributed by atoms with Crippen LogP contribution in [-0.4, -0.2) is 23.0 Å². The number of hydrogen-bond acceptors (Lipinski definition) is 6. The van der Waals surface area contributed by atoms with Crippen LogP contribution in [0.5, 0.6) is 0 Å². The van der Waals surface area contributed by atoms with Crippen molar-refractivity contribution in [2.75, 3.05) is 10.0 Å². The van der Waals surface area contributed by atoms with Gasteiger partial charge in [-0.1, -0.05) is 48.0 Å². The maximum atomic E-state index is 13.1. The molecule has 3 aromatic carbocycles. The zero-order chi connectivity index (χ0) is 24.9. The summed E-state index contributed by atoms with van der Waals surface area (Å²) in [5.41, 5.74) is 4.23. The van der Waals surface area contributed by atoms with E-state index in [9.17, 15) is 8.42 Å². The van der Waals surface area contributed by atoms with E-state index in [4.69, 9.17) is 11.6 Å². The fourth-order valence-corrected chi connectivity index (χ4v) is 6.87. The third-order valence-corrected chi connectivity index (χ3v) is 9.03. The van der Waals surface area contributed by atoms with Gasteiger partial charge in [0.25, 0.3) is 10.0 Å². The van der Waals surface area contributed by atoms with Gasteiger partial charge in [-0.05, 0) is 49.4 Å². The zero-order valence-electron chi connectivity index (χ0n) is 19.1. The monoisotopic (exact) mass is 533 g/mol. The van der Waals surface area contributed by atoms with Crippen LogP contribution in [-0.2, 0) is 16.6 Å². The third kappa shape index (κ3) is 3.95. The number of sulfonamides is 1. The summed E-state index contributed by atoms with van der Waals surface area (Å²) in [7, 11) is -3.90. The summed E-state index contributed by atoms with van der Waals surface area (Å²) in [6.45, 7) is 2.93. The molecule has 3 heterocycles. The molecule has 6 aromatic rings. The largest absolute Gasteiger partial charge is 0.341 e. The van der Waals surface area contributed by atoms with E-state index in [0.717, 1.165) is 34.5 Å². The first-order chi connectivity index (χ1) is 17.4. The number of halogens is 1. The first-order valence-corrected chi connectivity index (χ1v) is 13.9. The standard InChI is InChI=1S/C26H20ClN5O2S2/c1-2-32-21-10-6-3-7-17(21)18-12-11-16(15-22(18)32)28-25-26(30-20-9-5-4-8-19(20)29-25)31-36(33,34)24-14-13-23(27)35-24/h3-15H,2H2,1H3,(H,28,29)(H,30,31). The predicted molar refractivity (Wildman–Crippen MR) is 148 cm³/mol. The average Bonchev–Trinajstić information content (AvgIpc) is 3.45. The van der Waals surface area contributed by atoms with Crippen molar-refractivity contribution in [1.29, 1.82) is 0 Å². The van der Waals surface area contributed by atoms with Crippen LogP contribution in [0.25, 0.3) is 32.8 Å². The van der Waals surface area contributed by atoms with E-state index in [1.54, 1.807) is 12.1 Å². The highest BCUT2D eigenvalue weighted by Gasteiger charge is 2.21. The van der Waals surface area contributed by atoms with E-state index in [0.29, 0.717) is 21.2 Å². The van der Waals surface area contributed by atoms with E-state index in [2.05, 4.69) is 49.7 Å². The Labute approximate surface area is 216 Å². The van der Waals surface area contributed by atoms with Crippen LogP contribution < -0.4 is 10.0 Å². The highest BCUT2D eigenvalue weighted by Crippen LogP contribution is 2.34. The first kappa shape index (κ1) is 22.8. The number of fused-ring (bicyclic) bond motifs is 4. The van der Waals surface area contributed by atoms with E-state index in [1.807, 2.05) is 42.5 Å². The summed E-state index contributed by atoms with van der Waals surface area (Å²) in [6, 6.07) is 24.7. The molecule has 0 aliphatic heterocycles. The van der Waals surface area contributed by atoms with Gasteiger partial charge in [-0.3, -0.25) is 4.72 Å². The Morgan fingerprint density at radius 3 is 2.28 bits per heavy atom. The lowest BCUT2D eigenvalue weighted by Crippen LogP contribution is -2.15. The summed E-state index contributed by atoms with van der Waals surface area (Å²) in [5.74, 6) is 0.410. The SMILES string of the molecule is CCn1c2ccccc2c2ccc(Nc3nc4ccccc4nc3NS(=O)(=O)c3ccc(Cl)s3)cc21. The molecule has 0 bridgehead atoms. The maximum absolute atomic E-state index is 13.1. The van der Waals surface area contributed by atoms with E-state index in [-0.39, 0.29) is 10.0 Å². The summed E-state index contributed by atoms with van der Waals surface area (Å²) in [6.07, 6.45) is 0. The molecule has 0 saturated heterocycles. The lowest BCUT2D eigenvalue weighted by Gasteiger charge is -2.14. The van der Waals surface area contributed by atoms with Gasteiger partial charge in [0.15, 0.2) is 11.6 Å². The predicted octanol–water partition coefficient (Wildman–Crippen LogP) is 7.02. The van der Waals surface area contributed by atoms with Gasteiger partial charge in [0.2, 0.25) is 0 Å². The highest BCUT2D eigenvalue weighted by atomic mass is 35.5. The summed E-state index contributed by atoms with van der Waals surface area (Å²) in [5, 5.41) is 5.64. The number of rotatable bonds is 6. The average molecular weight is 534 g/mol. The Balaban J connectivity index is 1.46. The molecule has 180 valence electrons. The van der Waals surface area contributed by atoms with Gasteiger partial charge in [-0.15, -0.1) is 11.3 Å². The fraction of sp³-hybridized carbons (Fsp3) is 0.0769. The minimum Gasteiger partial charge on any atom is -0.341 e. The van der Waals surface area contributed by atoms with Crippen molar-refractivity contribution in [1.82, 2.24) is 14.5 Å². The van der Waals surface area contributed by atoms with Crippen LogP contribution >= 0.6 is 22.9 Å². The molecule has 0 unspecified atom stereocenters. The van der Waals surface area contributed by atoms with Crippen LogP contribution in [0.1, 0.15) is 6.92 Å². The quantitative estimate of drug-likeness (QED) is 0.240. The van der Waals surface area contributed by atoms with Crippen molar-refractivity contribution in [2.24, 2.45) is 0 Å². The van der Waals surface area contributed by atoms with Crippen LogP contribution in [0.3, 0.4) is 0 Å². The number of nitrogens with zero attached hydrogens (tertiary/aromatic N) is 3. The lowest BCUT2D eigenvalue weighted by molar-refractivity contribution is 0.603. The summed E-state index contributed by atoms with van der Waals surface area (Å²) < 4.78 is 31.4. The number of aryl methyl sites for hydroxylation is 1. The molecule has 0 aliphatic rings. The van der Waals surface area contributed by atoms with Crippen LogP contribution in [0.2, 0.25) is 4.34 Å². The minimum absolute atomic E-state index is 0.0993. The van der Waals surface area contributed by atoms with Crippen molar-refractivity contribution in [3.05, 3.63) is 83.2 Å². The zero-order valence-corrected chi connectivity index (χ0v) is 21.5. The number of anilines is 3. The molecule has 10 heteroatoms. The van der Waals surface area contributed by atoms with Crippen molar-refractivity contribution in [3.63, 3.8) is 0 Å². The van der Waals surface area contributed by atoms with E-state index in [1.165, 1.54) is 17.0 Å². The Bertz CT molecular complexity index is 1880. The Morgan fingerprint density at radius 1 is 0.861 bits per heavy atom. The van der Waals surface area contributed by atoms with Gasteiger partial charge in [-0.2, -0.15) is 0 Å². The maximum Gasteiger partial charge on any atom is 0.272 e. The molecular weight excluding hydrogens is 514 g/mol. The number of hydrogen-bond donors (Lipinski definition) is 2. The molecule has 0 aliphatic carbocycles. The molecule has 0 radical (unpaired) electrons. The van der Waals surface area contributed by atoms with Crippen LogP contribution in [0, 0.1) is 0 Å². The third-order valence-electron chi connectivity index (χ3n) is 5.97. The smallest absolute Gasteiger partial charge is 0.272 e. The Morgan fingerprint density at radius 2 is 1.56 bits per heavy atom. The van der Waals surface area contributed by atoms with Crippen LogP contribution in [0.4, 0.5) is 17.3 Å². The lowest BCUT2D eigenvalue weighted by atomic mass is 10.1. The van der Waals surface area contributed by atoms with Crippen molar-refractivity contribution in [3.8, 4) is 0 Å². The normalized spacial score (nSPS) is 11.9. The molecule has 0 fully saturated rings. The molecule has 7 nitrogen and oxygen atoms in total. The van der Waals surface area contributed by atoms with E-state index < -0.39 is 10.0 Å². The molecule has 0 spiro atoms. The van der Waals surface area contributed by atoms with Gasteiger partial charge in [0.05, 0.1) is 20.9 Å². The van der Waals surface area contributed by atoms with Gasteiger partial charge in [-0.25, -0.2) is 18.4 Å². The van der Waals surface area contributed by atoms with Gasteiger partial charge in [0.1, 0.15) is 4.21 Å². The van der Waals surface area contributed by atoms with Gasteiger partial charge >= 0.3 is 0 Å². The first-order valence-electron chi connectivity index (χ1n) is 11.3. The molecular formula is C26H20ClN5O2S2. The Hall–Kier alpha value is -3.66. The highest BCUT2D eigenvalue weighted by molar-refractivity contribution is 7.94. The van der Waals surface area contributed by atoms with Gasteiger partial charge in [0, 0.05) is 28.5 Å².